The predicted molar refractivity (Wildman–Crippen MR) is 79.1 cm³/mol. The molecule has 1 rings (SSSR count). The summed E-state index contributed by atoms with van der Waals surface area (Å²) in [5.74, 6) is -1.07. The fourth-order valence-corrected chi connectivity index (χ4v) is 2.05. The van der Waals surface area contributed by atoms with Crippen molar-refractivity contribution in [1.82, 2.24) is 4.90 Å². The van der Waals surface area contributed by atoms with Crippen molar-refractivity contribution < 1.29 is 19.8 Å². The number of carbonyl (C=O) groups excluding carboxylic acids is 1. The van der Waals surface area contributed by atoms with Gasteiger partial charge in [0.15, 0.2) is 0 Å². The summed E-state index contributed by atoms with van der Waals surface area (Å²) >= 11 is 3.14. The number of hydrogen-bond acceptors (Lipinski definition) is 3. The molecule has 110 valence electrons. The van der Waals surface area contributed by atoms with Crippen LogP contribution in [0.3, 0.4) is 0 Å². The lowest BCUT2D eigenvalue weighted by Gasteiger charge is -2.21. The van der Waals surface area contributed by atoms with E-state index >= 15 is 0 Å². The number of benzene rings is 1. The minimum absolute atomic E-state index is 0.0191. The number of carboxylic acids is 1. The lowest BCUT2D eigenvalue weighted by molar-refractivity contribution is 0.0696. The number of carboxylic acid groups (broad SMARTS) is 1. The summed E-state index contributed by atoms with van der Waals surface area (Å²) in [6.07, 6.45) is 0.502. The molecule has 0 aliphatic heterocycles. The zero-order valence-electron chi connectivity index (χ0n) is 11.1. The van der Waals surface area contributed by atoms with Crippen molar-refractivity contribution in [3.63, 3.8) is 0 Å². The SMILES string of the molecule is CCN(CCCO)C(=O)Nc1ccc(Br)c(C(=O)O)c1. The van der Waals surface area contributed by atoms with Gasteiger partial charge in [0.05, 0.1) is 5.56 Å². The summed E-state index contributed by atoms with van der Waals surface area (Å²) in [5, 5.41) is 20.4. The van der Waals surface area contributed by atoms with Crippen molar-refractivity contribution in [2.75, 3.05) is 25.0 Å². The second kappa shape index (κ2) is 7.86. The zero-order valence-corrected chi connectivity index (χ0v) is 12.7. The standard InChI is InChI=1S/C13H17BrN2O4/c1-2-16(6-3-7-17)13(20)15-9-4-5-11(14)10(8-9)12(18)19/h4-5,8,17H,2-3,6-7H2,1H3,(H,15,20)(H,18,19). The van der Waals surface area contributed by atoms with Crippen molar-refractivity contribution in [3.8, 4) is 0 Å². The van der Waals surface area contributed by atoms with Gasteiger partial charge in [0.2, 0.25) is 0 Å². The molecule has 0 aromatic heterocycles. The van der Waals surface area contributed by atoms with Crippen LogP contribution in [0.15, 0.2) is 22.7 Å². The molecule has 0 aliphatic carbocycles. The molecule has 0 spiro atoms. The van der Waals surface area contributed by atoms with Crippen LogP contribution in [0.1, 0.15) is 23.7 Å². The average molecular weight is 345 g/mol. The fraction of sp³-hybridized carbons (Fsp3) is 0.385. The first kappa shape index (κ1) is 16.5. The molecule has 3 N–H and O–H groups in total. The van der Waals surface area contributed by atoms with E-state index in [-0.39, 0.29) is 18.2 Å². The first-order valence-corrected chi connectivity index (χ1v) is 6.98. The maximum Gasteiger partial charge on any atom is 0.336 e. The van der Waals surface area contributed by atoms with E-state index in [0.29, 0.717) is 29.7 Å². The predicted octanol–water partition coefficient (Wildman–Crippen LogP) is 2.38. The number of aliphatic hydroxyl groups excluding tert-OH is 1. The molecule has 1 aromatic rings. The van der Waals surface area contributed by atoms with Crippen molar-refractivity contribution in [1.29, 1.82) is 0 Å². The molecular weight excluding hydrogens is 328 g/mol. The lowest BCUT2D eigenvalue weighted by Crippen LogP contribution is -2.35. The molecule has 0 heterocycles. The maximum atomic E-state index is 12.0. The summed E-state index contributed by atoms with van der Waals surface area (Å²) in [7, 11) is 0. The van der Waals surface area contributed by atoms with Crippen molar-refractivity contribution >= 4 is 33.6 Å². The number of urea groups is 1. The zero-order chi connectivity index (χ0) is 15.1. The van der Waals surface area contributed by atoms with Crippen LogP contribution in [-0.2, 0) is 0 Å². The van der Waals surface area contributed by atoms with Gasteiger partial charge in [-0.1, -0.05) is 0 Å². The number of amides is 2. The van der Waals surface area contributed by atoms with Gasteiger partial charge in [0.25, 0.3) is 0 Å². The highest BCUT2D eigenvalue weighted by molar-refractivity contribution is 9.10. The summed E-state index contributed by atoms with van der Waals surface area (Å²) < 4.78 is 0.454. The number of aliphatic hydroxyl groups is 1. The van der Waals surface area contributed by atoms with Crippen LogP contribution in [0.5, 0.6) is 0 Å². The highest BCUT2D eigenvalue weighted by Gasteiger charge is 2.13. The minimum atomic E-state index is -1.07. The number of nitrogens with zero attached hydrogens (tertiary/aromatic N) is 1. The Morgan fingerprint density at radius 1 is 1.40 bits per heavy atom. The normalized spacial score (nSPS) is 10.2. The average Bonchev–Trinajstić information content (AvgIpc) is 2.41. The number of carbonyl (C=O) groups is 2. The van der Waals surface area contributed by atoms with E-state index in [9.17, 15) is 9.59 Å². The monoisotopic (exact) mass is 344 g/mol. The number of halogens is 1. The third-order valence-electron chi connectivity index (χ3n) is 2.70. The van der Waals surface area contributed by atoms with Gasteiger partial charge in [0.1, 0.15) is 0 Å². The Bertz CT molecular complexity index is 493. The molecule has 0 atom stereocenters. The molecule has 0 bridgehead atoms. The summed E-state index contributed by atoms with van der Waals surface area (Å²) in [5.41, 5.74) is 0.499. The van der Waals surface area contributed by atoms with E-state index in [1.807, 2.05) is 6.92 Å². The van der Waals surface area contributed by atoms with Crippen LogP contribution >= 0.6 is 15.9 Å². The van der Waals surface area contributed by atoms with Gasteiger partial charge in [-0.2, -0.15) is 0 Å². The van der Waals surface area contributed by atoms with Gasteiger partial charge in [0, 0.05) is 29.9 Å². The summed E-state index contributed by atoms with van der Waals surface area (Å²) in [4.78, 5) is 24.5. The van der Waals surface area contributed by atoms with Crippen LogP contribution in [-0.4, -0.2) is 46.8 Å². The Balaban J connectivity index is 2.79. The summed E-state index contributed by atoms with van der Waals surface area (Å²) in [6, 6.07) is 4.27. The molecule has 0 unspecified atom stereocenters. The highest BCUT2D eigenvalue weighted by atomic mass is 79.9. The third-order valence-corrected chi connectivity index (χ3v) is 3.39. The lowest BCUT2D eigenvalue weighted by atomic mass is 10.2. The Morgan fingerprint density at radius 3 is 2.65 bits per heavy atom. The van der Waals surface area contributed by atoms with Gasteiger partial charge < -0.3 is 20.4 Å². The minimum Gasteiger partial charge on any atom is -0.478 e. The van der Waals surface area contributed by atoms with Crippen molar-refractivity contribution in [2.45, 2.75) is 13.3 Å². The molecule has 0 saturated heterocycles. The van der Waals surface area contributed by atoms with Gasteiger partial charge in [-0.3, -0.25) is 0 Å². The summed E-state index contributed by atoms with van der Waals surface area (Å²) in [6.45, 7) is 2.81. The quantitative estimate of drug-likeness (QED) is 0.738. The van der Waals surface area contributed by atoms with Crippen LogP contribution in [0.25, 0.3) is 0 Å². The second-order valence-electron chi connectivity index (χ2n) is 4.09. The van der Waals surface area contributed by atoms with Crippen LogP contribution in [0.2, 0.25) is 0 Å². The smallest absolute Gasteiger partial charge is 0.336 e. The van der Waals surface area contributed by atoms with Gasteiger partial charge in [-0.05, 0) is 47.5 Å². The van der Waals surface area contributed by atoms with Crippen molar-refractivity contribution in [2.24, 2.45) is 0 Å². The Morgan fingerprint density at radius 2 is 2.10 bits per heavy atom. The Kier molecular flexibility index (Phi) is 6.47. The fourth-order valence-electron chi connectivity index (χ4n) is 1.63. The third kappa shape index (κ3) is 4.50. The highest BCUT2D eigenvalue weighted by Crippen LogP contribution is 2.21. The molecule has 7 heteroatoms. The van der Waals surface area contributed by atoms with E-state index in [0.717, 1.165) is 0 Å². The number of aromatic carboxylic acids is 1. The molecule has 0 saturated carbocycles. The first-order chi connectivity index (χ1) is 9.49. The maximum absolute atomic E-state index is 12.0. The number of hydrogen-bond donors (Lipinski definition) is 3. The van der Waals surface area contributed by atoms with E-state index in [2.05, 4.69) is 21.2 Å². The topological polar surface area (TPSA) is 89.9 Å². The molecule has 0 fully saturated rings. The molecular formula is C13H17BrN2O4. The van der Waals surface area contributed by atoms with E-state index in [1.165, 1.54) is 6.07 Å². The van der Waals surface area contributed by atoms with Gasteiger partial charge in [-0.25, -0.2) is 9.59 Å². The second-order valence-corrected chi connectivity index (χ2v) is 4.94. The molecule has 0 radical (unpaired) electrons. The Hall–Kier alpha value is -1.60. The van der Waals surface area contributed by atoms with Crippen molar-refractivity contribution in [3.05, 3.63) is 28.2 Å². The first-order valence-electron chi connectivity index (χ1n) is 6.19. The molecule has 20 heavy (non-hydrogen) atoms. The van der Waals surface area contributed by atoms with Gasteiger partial charge in [-0.15, -0.1) is 0 Å². The van der Waals surface area contributed by atoms with E-state index in [1.54, 1.807) is 17.0 Å². The van der Waals surface area contributed by atoms with E-state index < -0.39 is 5.97 Å². The Labute approximate surface area is 125 Å². The number of anilines is 1. The van der Waals surface area contributed by atoms with Crippen LogP contribution in [0.4, 0.5) is 10.5 Å². The number of nitrogens with one attached hydrogen (secondary N) is 1. The largest absolute Gasteiger partial charge is 0.478 e. The number of rotatable bonds is 6. The van der Waals surface area contributed by atoms with Crippen LogP contribution < -0.4 is 5.32 Å². The van der Waals surface area contributed by atoms with E-state index in [4.69, 9.17) is 10.2 Å². The van der Waals surface area contributed by atoms with Gasteiger partial charge >= 0.3 is 12.0 Å². The molecule has 1 aromatic carbocycles. The molecule has 6 nitrogen and oxygen atoms in total. The molecule has 2 amide bonds. The molecule has 0 aliphatic rings. The van der Waals surface area contributed by atoms with Crippen LogP contribution in [0, 0.1) is 0 Å².